The number of benzene rings is 1. The van der Waals surface area contributed by atoms with E-state index in [1.54, 1.807) is 36.7 Å². The molecule has 264 valence electrons. The Morgan fingerprint density at radius 3 is 2.69 bits per heavy atom. The van der Waals surface area contributed by atoms with Gasteiger partial charge in [-0.15, -0.1) is 11.3 Å². The van der Waals surface area contributed by atoms with E-state index in [1.165, 1.54) is 22.1 Å². The Balaban J connectivity index is 1.12. The molecule has 15 heteroatoms. The molecule has 4 aromatic heterocycles. The molecule has 51 heavy (non-hydrogen) atoms. The second-order valence-electron chi connectivity index (χ2n) is 13.1. The van der Waals surface area contributed by atoms with Gasteiger partial charge in [0.2, 0.25) is 0 Å². The van der Waals surface area contributed by atoms with E-state index in [1.807, 2.05) is 18.0 Å². The number of halogens is 3. The van der Waals surface area contributed by atoms with Crippen molar-refractivity contribution >= 4 is 55.8 Å². The highest BCUT2D eigenvalue weighted by molar-refractivity contribution is 7.18. The van der Waals surface area contributed by atoms with Gasteiger partial charge in [-0.3, -0.25) is 24.0 Å². The fraction of sp³-hybridized carbons (Fsp3) is 0.389. The fourth-order valence-corrected chi connectivity index (χ4v) is 8.44. The second kappa shape index (κ2) is 13.8. The van der Waals surface area contributed by atoms with Crippen LogP contribution in [-0.2, 0) is 17.8 Å². The maximum absolute atomic E-state index is 14.0. The average molecular weight is 734 g/mol. The molecule has 5 aromatic rings. The number of hydrogen-bond acceptors (Lipinski definition) is 10. The summed E-state index contributed by atoms with van der Waals surface area (Å²) in [5.74, 6) is -2.16. The highest BCUT2D eigenvalue weighted by Crippen LogP contribution is 2.42. The van der Waals surface area contributed by atoms with Crippen LogP contribution in [0.1, 0.15) is 42.6 Å². The summed E-state index contributed by atoms with van der Waals surface area (Å²) in [6.45, 7) is 3.31. The molecule has 1 N–H and O–H groups in total. The van der Waals surface area contributed by atoms with Gasteiger partial charge in [-0.05, 0) is 49.4 Å². The van der Waals surface area contributed by atoms with Gasteiger partial charge < -0.3 is 14.7 Å². The fourth-order valence-electron chi connectivity index (χ4n) is 7.21. The Morgan fingerprint density at radius 1 is 1.22 bits per heavy atom. The average Bonchev–Trinajstić information content (AvgIpc) is 3.50. The maximum atomic E-state index is 14.0. The van der Waals surface area contributed by atoms with Crippen molar-refractivity contribution in [2.45, 2.75) is 63.6 Å². The number of rotatable bonds is 10. The molecule has 0 atom stereocenters. The van der Waals surface area contributed by atoms with Crippen molar-refractivity contribution in [3.8, 4) is 22.9 Å². The molecular weight excluding hydrogens is 700 g/mol. The Kier molecular flexibility index (Phi) is 9.38. The van der Waals surface area contributed by atoms with Crippen molar-refractivity contribution < 1.29 is 23.4 Å². The first-order chi connectivity index (χ1) is 24.4. The maximum Gasteiger partial charge on any atom is 0.307 e. The minimum atomic E-state index is -2.56. The van der Waals surface area contributed by atoms with Gasteiger partial charge >= 0.3 is 5.97 Å². The Bertz CT molecular complexity index is 2260. The lowest BCUT2D eigenvalue weighted by atomic mass is 9.85. The summed E-state index contributed by atoms with van der Waals surface area (Å²) in [4.78, 5) is 43.1. The van der Waals surface area contributed by atoms with Crippen LogP contribution in [0.2, 0.25) is 5.02 Å². The number of piperidine rings is 1. The SMILES string of the molecule is Cc1nc2cnc(N(C)C3CCN(C4CC(F)(F)C4)CC3)c(C#N)c2c(=O)n1CCOc1ccc(Cl)cc1-c1ccnc2c(CC(=O)O)csc12. The molecule has 2 aliphatic rings. The number of hydrogen-bond donors (Lipinski definition) is 1. The zero-order chi connectivity index (χ0) is 36.0. The summed E-state index contributed by atoms with van der Waals surface area (Å²) in [7, 11) is 1.85. The number of nitrogens with zero attached hydrogens (tertiary/aromatic N) is 7. The quantitative estimate of drug-likeness (QED) is 0.174. The van der Waals surface area contributed by atoms with Gasteiger partial charge in [-0.1, -0.05) is 11.6 Å². The lowest BCUT2D eigenvalue weighted by Crippen LogP contribution is -2.55. The van der Waals surface area contributed by atoms with Crippen LogP contribution in [-0.4, -0.2) is 80.2 Å². The number of thiophene rings is 1. The topological polar surface area (TPSA) is 137 Å². The van der Waals surface area contributed by atoms with Crippen LogP contribution in [0.5, 0.6) is 5.75 Å². The van der Waals surface area contributed by atoms with E-state index in [0.29, 0.717) is 57.7 Å². The van der Waals surface area contributed by atoms with Crippen molar-refractivity contribution in [2.24, 2.45) is 0 Å². The number of aromatic nitrogens is 4. The number of alkyl halides is 2. The number of carbonyl (C=O) groups is 1. The van der Waals surface area contributed by atoms with Crippen LogP contribution in [0.3, 0.4) is 0 Å². The van der Waals surface area contributed by atoms with Crippen molar-refractivity contribution in [1.29, 1.82) is 5.26 Å². The van der Waals surface area contributed by atoms with Crippen molar-refractivity contribution in [3.63, 3.8) is 0 Å². The van der Waals surface area contributed by atoms with Gasteiger partial charge in [-0.25, -0.2) is 18.7 Å². The van der Waals surface area contributed by atoms with Gasteiger partial charge in [-0.2, -0.15) is 5.26 Å². The second-order valence-corrected chi connectivity index (χ2v) is 14.4. The number of likely N-dealkylation sites (tertiary alicyclic amines) is 1. The molecule has 0 bridgehead atoms. The standard InChI is InChI=1S/C36H34ClF2N7O4S/c1-20-43-28-18-42-34(44(2)23-6-9-45(10-7-23)24-15-36(38,39)16-24)27(17-40)31(28)35(49)46(20)11-12-50-29-4-3-22(37)14-26(29)25-5-8-41-32-21(13-30(47)48)19-51-33(25)32/h3-5,8,14,18-19,23-24H,6-7,9-13,15-16H2,1-2H3,(H,47,48). The van der Waals surface area contributed by atoms with Gasteiger partial charge in [0.05, 0.1) is 40.3 Å². The van der Waals surface area contributed by atoms with Crippen molar-refractivity contribution in [2.75, 3.05) is 31.6 Å². The summed E-state index contributed by atoms with van der Waals surface area (Å²) in [6, 6.07) is 9.20. The molecule has 2 fully saturated rings. The normalized spacial score (nSPS) is 16.6. The van der Waals surface area contributed by atoms with E-state index in [0.717, 1.165) is 23.1 Å². The van der Waals surface area contributed by atoms with E-state index < -0.39 is 11.9 Å². The molecule has 1 aliphatic carbocycles. The zero-order valence-electron chi connectivity index (χ0n) is 27.9. The molecule has 11 nitrogen and oxygen atoms in total. The van der Waals surface area contributed by atoms with Gasteiger partial charge in [0.15, 0.2) is 0 Å². The van der Waals surface area contributed by atoms with Crippen LogP contribution < -0.4 is 15.2 Å². The Hall–Kier alpha value is -4.71. The highest BCUT2D eigenvalue weighted by atomic mass is 35.5. The van der Waals surface area contributed by atoms with Crippen LogP contribution >= 0.6 is 22.9 Å². The Morgan fingerprint density at radius 2 is 1.98 bits per heavy atom. The molecular formula is C36H34ClF2N7O4S. The van der Waals surface area contributed by atoms with E-state index in [4.69, 9.17) is 16.3 Å². The summed E-state index contributed by atoms with van der Waals surface area (Å²) in [5.41, 5.74) is 2.80. The van der Waals surface area contributed by atoms with Crippen LogP contribution in [0, 0.1) is 18.3 Å². The third-order valence-corrected chi connectivity index (χ3v) is 11.2. The molecule has 1 aromatic carbocycles. The number of anilines is 1. The van der Waals surface area contributed by atoms with Gasteiger partial charge in [0, 0.05) is 73.0 Å². The molecule has 0 radical (unpaired) electrons. The van der Waals surface area contributed by atoms with Crippen molar-refractivity contribution in [3.05, 3.63) is 74.4 Å². The third-order valence-electron chi connectivity index (χ3n) is 9.92. The summed E-state index contributed by atoms with van der Waals surface area (Å²) in [5, 5.41) is 22.1. The molecule has 1 saturated heterocycles. The van der Waals surface area contributed by atoms with E-state index in [2.05, 4.69) is 25.9 Å². The minimum absolute atomic E-state index is 0.0288. The molecule has 1 aliphatic heterocycles. The third kappa shape index (κ3) is 6.73. The highest BCUT2D eigenvalue weighted by Gasteiger charge is 2.48. The molecule has 7 rings (SSSR count). The van der Waals surface area contributed by atoms with Gasteiger partial charge in [0.25, 0.3) is 11.5 Å². The molecule has 5 heterocycles. The number of ether oxygens (including phenoxy) is 1. The first-order valence-corrected chi connectivity index (χ1v) is 17.8. The smallest absolute Gasteiger partial charge is 0.307 e. The molecule has 0 unspecified atom stereocenters. The zero-order valence-corrected chi connectivity index (χ0v) is 29.5. The Labute approximate surface area is 300 Å². The summed E-state index contributed by atoms with van der Waals surface area (Å²) >= 11 is 7.80. The van der Waals surface area contributed by atoms with E-state index >= 15 is 0 Å². The van der Waals surface area contributed by atoms with Gasteiger partial charge in [0.1, 0.15) is 35.6 Å². The monoisotopic (exact) mass is 733 g/mol. The molecule has 0 spiro atoms. The van der Waals surface area contributed by atoms with E-state index in [-0.39, 0.29) is 61.0 Å². The largest absolute Gasteiger partial charge is 0.491 e. The number of fused-ring (bicyclic) bond motifs is 2. The predicted octanol–water partition coefficient (Wildman–Crippen LogP) is 6.31. The molecule has 0 amide bonds. The lowest BCUT2D eigenvalue weighted by molar-refractivity contribution is -0.136. The van der Waals surface area contributed by atoms with Crippen LogP contribution in [0.15, 0.2) is 46.8 Å². The number of aliphatic carboxylic acids is 1. The first kappa shape index (κ1) is 34.7. The predicted molar refractivity (Wildman–Crippen MR) is 191 cm³/mol. The minimum Gasteiger partial charge on any atom is -0.491 e. The van der Waals surface area contributed by atoms with Crippen molar-refractivity contribution in [1.82, 2.24) is 24.4 Å². The number of nitriles is 1. The number of pyridine rings is 2. The lowest BCUT2D eigenvalue weighted by Gasteiger charge is -2.46. The number of carboxylic acid groups (broad SMARTS) is 1. The summed E-state index contributed by atoms with van der Waals surface area (Å²) in [6.07, 6.45) is 4.27. The number of carboxylic acids is 1. The van der Waals surface area contributed by atoms with Crippen LogP contribution in [0.4, 0.5) is 14.6 Å². The summed E-state index contributed by atoms with van der Waals surface area (Å²) < 4.78 is 35.4. The van der Waals surface area contributed by atoms with Crippen LogP contribution in [0.25, 0.3) is 32.2 Å². The first-order valence-electron chi connectivity index (χ1n) is 16.6. The molecule has 1 saturated carbocycles. The number of aryl methyl sites for hydroxylation is 1. The van der Waals surface area contributed by atoms with E-state index in [9.17, 15) is 28.7 Å².